The third-order valence-electron chi connectivity index (χ3n) is 5.21. The fraction of sp³-hybridized carbons (Fsp3) is 0.391. The monoisotopic (exact) mass is 379 g/mol. The minimum atomic E-state index is -0.516. The molecule has 0 spiro atoms. The van der Waals surface area contributed by atoms with Crippen molar-refractivity contribution in [2.24, 2.45) is 5.92 Å². The van der Waals surface area contributed by atoms with E-state index in [2.05, 4.69) is 41.4 Å². The van der Waals surface area contributed by atoms with Gasteiger partial charge in [-0.2, -0.15) is 0 Å². The van der Waals surface area contributed by atoms with Gasteiger partial charge in [-0.1, -0.05) is 44.2 Å². The smallest absolute Gasteiger partial charge is 0.251 e. The highest BCUT2D eigenvalue weighted by Crippen LogP contribution is 2.19. The lowest BCUT2D eigenvalue weighted by Gasteiger charge is -2.38. The van der Waals surface area contributed by atoms with Crippen molar-refractivity contribution >= 4 is 17.5 Å². The van der Waals surface area contributed by atoms with Crippen molar-refractivity contribution in [3.8, 4) is 0 Å². The van der Waals surface area contributed by atoms with E-state index in [-0.39, 0.29) is 17.7 Å². The molecule has 3 rings (SSSR count). The number of carbonyl (C=O) groups is 2. The summed E-state index contributed by atoms with van der Waals surface area (Å²) < 4.78 is 0. The van der Waals surface area contributed by atoms with Crippen molar-refractivity contribution in [1.82, 2.24) is 10.2 Å². The lowest BCUT2D eigenvalue weighted by Crippen LogP contribution is -2.56. The Morgan fingerprint density at radius 3 is 2.21 bits per heavy atom. The second-order valence-corrected chi connectivity index (χ2v) is 7.71. The standard InChI is InChI=1S/C23H29N3O2/c1-17(2)21(24-22(27)19-9-5-4-6-10-19)23(28)26-14-12-25(13-15-26)20-11-7-8-18(3)16-20/h4-11,16-17,21H,12-15H2,1-3H3,(H,24,27)/t21-/m1/s1. The molecule has 0 bridgehead atoms. The van der Waals surface area contributed by atoms with Crippen molar-refractivity contribution in [2.45, 2.75) is 26.8 Å². The first kappa shape index (κ1) is 19.9. The molecule has 148 valence electrons. The fourth-order valence-corrected chi connectivity index (χ4v) is 3.53. The van der Waals surface area contributed by atoms with Gasteiger partial charge in [-0.3, -0.25) is 9.59 Å². The van der Waals surface area contributed by atoms with Crippen LogP contribution in [0.3, 0.4) is 0 Å². The summed E-state index contributed by atoms with van der Waals surface area (Å²) in [6, 6.07) is 17.0. The van der Waals surface area contributed by atoms with Crippen LogP contribution in [0, 0.1) is 12.8 Å². The zero-order valence-corrected chi connectivity index (χ0v) is 16.9. The molecule has 1 aliphatic rings. The second kappa shape index (κ2) is 8.91. The van der Waals surface area contributed by atoms with Crippen LogP contribution >= 0.6 is 0 Å². The Kier molecular flexibility index (Phi) is 6.34. The number of nitrogens with one attached hydrogen (secondary N) is 1. The number of carbonyl (C=O) groups excluding carboxylic acids is 2. The topological polar surface area (TPSA) is 52.6 Å². The molecular weight excluding hydrogens is 350 g/mol. The zero-order chi connectivity index (χ0) is 20.1. The summed E-state index contributed by atoms with van der Waals surface area (Å²) in [5, 5.41) is 2.94. The number of anilines is 1. The third kappa shape index (κ3) is 4.71. The first-order chi connectivity index (χ1) is 13.5. The molecule has 2 aromatic carbocycles. The number of rotatable bonds is 5. The molecule has 5 nitrogen and oxygen atoms in total. The molecule has 5 heteroatoms. The van der Waals surface area contributed by atoms with Gasteiger partial charge in [-0.05, 0) is 42.7 Å². The number of aryl methyl sites for hydroxylation is 1. The molecule has 1 heterocycles. The van der Waals surface area contributed by atoms with E-state index in [0.29, 0.717) is 18.7 Å². The van der Waals surface area contributed by atoms with Crippen molar-refractivity contribution in [3.05, 3.63) is 65.7 Å². The lowest BCUT2D eigenvalue weighted by atomic mass is 10.0. The highest BCUT2D eigenvalue weighted by Gasteiger charge is 2.31. The van der Waals surface area contributed by atoms with Gasteiger partial charge in [-0.15, -0.1) is 0 Å². The zero-order valence-electron chi connectivity index (χ0n) is 16.9. The summed E-state index contributed by atoms with van der Waals surface area (Å²) in [4.78, 5) is 29.8. The van der Waals surface area contributed by atoms with Crippen LogP contribution in [0.2, 0.25) is 0 Å². The van der Waals surface area contributed by atoms with Crippen LogP contribution in [0.5, 0.6) is 0 Å². The van der Waals surface area contributed by atoms with Crippen LogP contribution < -0.4 is 10.2 Å². The number of hydrogen-bond donors (Lipinski definition) is 1. The van der Waals surface area contributed by atoms with E-state index in [1.54, 1.807) is 12.1 Å². The van der Waals surface area contributed by atoms with Crippen LogP contribution in [-0.2, 0) is 4.79 Å². The minimum Gasteiger partial charge on any atom is -0.368 e. The minimum absolute atomic E-state index is 0.00294. The van der Waals surface area contributed by atoms with Crippen LogP contribution in [0.4, 0.5) is 5.69 Å². The van der Waals surface area contributed by atoms with Gasteiger partial charge >= 0.3 is 0 Å². The van der Waals surface area contributed by atoms with Crippen LogP contribution in [-0.4, -0.2) is 48.9 Å². The first-order valence-corrected chi connectivity index (χ1v) is 9.92. The van der Waals surface area contributed by atoms with Gasteiger partial charge in [0.1, 0.15) is 6.04 Å². The van der Waals surface area contributed by atoms with E-state index >= 15 is 0 Å². The number of piperazine rings is 1. The van der Waals surface area contributed by atoms with Gasteiger partial charge in [0.15, 0.2) is 0 Å². The normalized spacial score (nSPS) is 15.4. The molecule has 2 aromatic rings. The Bertz CT molecular complexity index is 812. The number of amides is 2. The van der Waals surface area contributed by atoms with E-state index < -0.39 is 6.04 Å². The maximum atomic E-state index is 13.1. The molecule has 1 N–H and O–H groups in total. The molecule has 1 atom stereocenters. The summed E-state index contributed by atoms with van der Waals surface area (Å²) in [6.45, 7) is 8.95. The average Bonchev–Trinajstić information content (AvgIpc) is 2.72. The Balaban J connectivity index is 1.62. The lowest BCUT2D eigenvalue weighted by molar-refractivity contribution is -0.134. The number of benzene rings is 2. The van der Waals surface area contributed by atoms with Crippen molar-refractivity contribution in [3.63, 3.8) is 0 Å². The summed E-state index contributed by atoms with van der Waals surface area (Å²) in [5.74, 6) is -0.177. The van der Waals surface area contributed by atoms with E-state index in [1.165, 1.54) is 11.3 Å². The quantitative estimate of drug-likeness (QED) is 0.869. The second-order valence-electron chi connectivity index (χ2n) is 7.71. The predicted octanol–water partition coefficient (Wildman–Crippen LogP) is 3.10. The molecule has 1 saturated heterocycles. The molecule has 0 unspecified atom stereocenters. The molecular formula is C23H29N3O2. The highest BCUT2D eigenvalue weighted by atomic mass is 16.2. The third-order valence-corrected chi connectivity index (χ3v) is 5.21. The molecule has 1 aliphatic heterocycles. The van der Waals surface area contributed by atoms with Gasteiger partial charge in [0.25, 0.3) is 5.91 Å². The molecule has 0 aromatic heterocycles. The van der Waals surface area contributed by atoms with Gasteiger partial charge in [0.2, 0.25) is 5.91 Å². The molecule has 1 fully saturated rings. The predicted molar refractivity (Wildman–Crippen MR) is 113 cm³/mol. The van der Waals surface area contributed by atoms with Gasteiger partial charge in [-0.25, -0.2) is 0 Å². The Morgan fingerprint density at radius 2 is 1.61 bits per heavy atom. The van der Waals surface area contributed by atoms with E-state index in [9.17, 15) is 9.59 Å². The summed E-state index contributed by atoms with van der Waals surface area (Å²) >= 11 is 0. The number of nitrogens with zero attached hydrogens (tertiary/aromatic N) is 2. The summed E-state index contributed by atoms with van der Waals surface area (Å²) in [7, 11) is 0. The van der Waals surface area contributed by atoms with Crippen molar-refractivity contribution in [2.75, 3.05) is 31.1 Å². The van der Waals surface area contributed by atoms with Crippen molar-refractivity contribution in [1.29, 1.82) is 0 Å². The highest BCUT2D eigenvalue weighted by molar-refractivity contribution is 5.97. The Hall–Kier alpha value is -2.82. The van der Waals surface area contributed by atoms with E-state index in [4.69, 9.17) is 0 Å². The average molecular weight is 380 g/mol. The van der Waals surface area contributed by atoms with Gasteiger partial charge < -0.3 is 15.1 Å². The maximum absolute atomic E-state index is 13.1. The summed E-state index contributed by atoms with van der Waals surface area (Å²) in [5.41, 5.74) is 3.01. The van der Waals surface area contributed by atoms with Crippen LogP contribution in [0.25, 0.3) is 0 Å². The maximum Gasteiger partial charge on any atom is 0.251 e. The summed E-state index contributed by atoms with van der Waals surface area (Å²) in [6.07, 6.45) is 0. The largest absolute Gasteiger partial charge is 0.368 e. The van der Waals surface area contributed by atoms with Crippen molar-refractivity contribution < 1.29 is 9.59 Å². The molecule has 2 amide bonds. The van der Waals surface area contributed by atoms with Crippen LogP contribution in [0.15, 0.2) is 54.6 Å². The Morgan fingerprint density at radius 1 is 0.929 bits per heavy atom. The molecule has 0 aliphatic carbocycles. The van der Waals surface area contributed by atoms with Gasteiger partial charge in [0, 0.05) is 37.4 Å². The van der Waals surface area contributed by atoms with E-state index in [1.807, 2.05) is 36.9 Å². The van der Waals surface area contributed by atoms with E-state index in [0.717, 1.165) is 13.1 Å². The van der Waals surface area contributed by atoms with Crippen LogP contribution in [0.1, 0.15) is 29.8 Å². The molecule has 0 saturated carbocycles. The number of hydrogen-bond acceptors (Lipinski definition) is 3. The molecule has 0 radical (unpaired) electrons. The first-order valence-electron chi connectivity index (χ1n) is 9.92. The molecule has 28 heavy (non-hydrogen) atoms. The van der Waals surface area contributed by atoms with Gasteiger partial charge in [0.05, 0.1) is 0 Å². The fourth-order valence-electron chi connectivity index (χ4n) is 3.53. The Labute approximate surface area is 167 Å². The SMILES string of the molecule is Cc1cccc(N2CCN(C(=O)[C@H](NC(=O)c3ccccc3)C(C)C)CC2)c1.